The molecule has 0 aliphatic rings. The number of aliphatic hydroxyl groups is 4. The number of carbonyl (C=O) groups is 2. The van der Waals surface area contributed by atoms with E-state index in [1.54, 1.807) is 0 Å². The van der Waals surface area contributed by atoms with Gasteiger partial charge in [-0.15, -0.1) is 0 Å². The van der Waals surface area contributed by atoms with Gasteiger partial charge in [0.2, 0.25) is 0 Å². The summed E-state index contributed by atoms with van der Waals surface area (Å²) in [5.74, 6) is -1.03. The molecule has 12 nitrogen and oxygen atoms in total. The fourth-order valence-corrected chi connectivity index (χ4v) is 7.08. The number of rotatable bonds is 40. The van der Waals surface area contributed by atoms with Crippen LogP contribution in [-0.2, 0) is 32.7 Å². The number of phosphoric acid groups is 1. The maximum absolute atomic E-state index is 12.7. The van der Waals surface area contributed by atoms with Crippen molar-refractivity contribution in [3.63, 3.8) is 0 Å². The smallest absolute Gasteiger partial charge is 0.462 e. The first-order valence-corrected chi connectivity index (χ1v) is 22.7. The average Bonchev–Trinajstić information content (AvgIpc) is 3.14. The number of carbonyl (C=O) groups excluding carboxylic acids is 2. The van der Waals surface area contributed by atoms with E-state index in [-0.39, 0.29) is 12.8 Å². The Morgan fingerprint density at radius 2 is 0.925 bits per heavy atom. The van der Waals surface area contributed by atoms with Crippen LogP contribution in [0.1, 0.15) is 194 Å². The molecule has 0 spiro atoms. The highest BCUT2D eigenvalue weighted by atomic mass is 31.2. The van der Waals surface area contributed by atoms with Gasteiger partial charge in [-0.3, -0.25) is 18.6 Å². The van der Waals surface area contributed by atoms with Crippen molar-refractivity contribution in [1.29, 1.82) is 0 Å². The molecule has 0 aromatic heterocycles. The van der Waals surface area contributed by atoms with Gasteiger partial charge in [0.1, 0.15) is 24.9 Å². The molecule has 0 amide bonds. The van der Waals surface area contributed by atoms with Crippen LogP contribution < -0.4 is 0 Å². The Hall–Kier alpha value is -1.11. The van der Waals surface area contributed by atoms with Crippen molar-refractivity contribution in [3.8, 4) is 0 Å². The zero-order chi connectivity index (χ0) is 39.4. The Morgan fingerprint density at radius 3 is 1.30 bits per heavy atom. The minimum atomic E-state index is -4.95. The fraction of sp³-hybridized carbons (Fsp3) is 0.950. The van der Waals surface area contributed by atoms with Crippen molar-refractivity contribution < 1.29 is 58.0 Å². The molecule has 0 saturated heterocycles. The van der Waals surface area contributed by atoms with Crippen molar-refractivity contribution in [3.05, 3.63) is 0 Å². The molecular formula is C40H79O12P. The van der Waals surface area contributed by atoms with Crippen LogP contribution in [0, 0.1) is 0 Å². The van der Waals surface area contributed by atoms with E-state index in [0.29, 0.717) is 12.8 Å². The van der Waals surface area contributed by atoms with E-state index < -0.39 is 70.6 Å². The van der Waals surface area contributed by atoms with Gasteiger partial charge in [0, 0.05) is 12.8 Å². The average molecular weight is 783 g/mol. The van der Waals surface area contributed by atoms with E-state index in [9.17, 15) is 34.4 Å². The van der Waals surface area contributed by atoms with Crippen molar-refractivity contribution >= 4 is 19.8 Å². The zero-order valence-corrected chi connectivity index (χ0v) is 34.4. The van der Waals surface area contributed by atoms with Gasteiger partial charge in [0.05, 0.1) is 19.8 Å². The van der Waals surface area contributed by atoms with E-state index in [1.165, 1.54) is 116 Å². The number of hydrogen-bond donors (Lipinski definition) is 5. The second-order valence-electron chi connectivity index (χ2n) is 14.6. The van der Waals surface area contributed by atoms with Gasteiger partial charge in [-0.05, 0) is 12.8 Å². The van der Waals surface area contributed by atoms with E-state index in [4.69, 9.17) is 23.6 Å². The fourth-order valence-electron chi connectivity index (χ4n) is 6.13. The second kappa shape index (κ2) is 36.5. The van der Waals surface area contributed by atoms with Crippen molar-refractivity contribution in [1.82, 2.24) is 0 Å². The monoisotopic (exact) mass is 783 g/mol. The van der Waals surface area contributed by atoms with Crippen LogP contribution in [0.3, 0.4) is 0 Å². The molecule has 0 aliphatic heterocycles. The van der Waals surface area contributed by atoms with E-state index in [1.807, 2.05) is 0 Å². The minimum absolute atomic E-state index is 0.131. The summed E-state index contributed by atoms with van der Waals surface area (Å²) in [6.45, 7) is 1.57. The minimum Gasteiger partial charge on any atom is -0.462 e. The largest absolute Gasteiger partial charge is 0.472 e. The van der Waals surface area contributed by atoms with Gasteiger partial charge in [-0.2, -0.15) is 0 Å². The number of phosphoric ester groups is 1. The van der Waals surface area contributed by atoms with Crippen LogP contribution in [0.15, 0.2) is 0 Å². The lowest BCUT2D eigenvalue weighted by Crippen LogP contribution is -2.42. The summed E-state index contributed by atoms with van der Waals surface area (Å²) in [7, 11) is -4.95. The summed E-state index contributed by atoms with van der Waals surface area (Å²) < 4.78 is 33.2. The molecule has 5 N–H and O–H groups in total. The molecule has 0 heterocycles. The first-order chi connectivity index (χ1) is 25.6. The Morgan fingerprint density at radius 1 is 0.547 bits per heavy atom. The third kappa shape index (κ3) is 32.8. The summed E-state index contributed by atoms with van der Waals surface area (Å²) in [5.41, 5.74) is 0. The third-order valence-electron chi connectivity index (χ3n) is 9.53. The summed E-state index contributed by atoms with van der Waals surface area (Å²) in [6, 6.07) is 0. The molecule has 0 aromatic carbocycles. The lowest BCUT2D eigenvalue weighted by molar-refractivity contribution is -0.161. The first-order valence-electron chi connectivity index (χ1n) is 21.2. The molecule has 0 fully saturated rings. The molecule has 316 valence electrons. The predicted octanol–water partition coefficient (Wildman–Crippen LogP) is 8.61. The van der Waals surface area contributed by atoms with Gasteiger partial charge in [-0.1, -0.05) is 168 Å². The topological polar surface area (TPSA) is 189 Å². The molecule has 0 saturated carbocycles. The first kappa shape index (κ1) is 51.9. The number of hydrogen-bond acceptors (Lipinski definition) is 11. The normalized spacial score (nSPS) is 15.1. The highest BCUT2D eigenvalue weighted by molar-refractivity contribution is 7.47. The standard InChI is InChI=1S/C40H79O12P/c1-3-5-7-9-11-13-15-17-19-21-23-25-27-29-38(44)49-33-35(34-50-53(47,48)52-37(32-42)40(46)36(43)31-41)51-39(45)30-28-26-24-22-20-18-16-14-12-10-8-6-4-2/h35-37,40-43,46H,3-34H2,1-2H3,(H,47,48)/t35-,36-,37-,40+/m1/s1. The quantitative estimate of drug-likeness (QED) is 0.0226. The Balaban J connectivity index is 4.62. The van der Waals surface area contributed by atoms with E-state index >= 15 is 0 Å². The van der Waals surface area contributed by atoms with Crippen LogP contribution in [-0.4, -0.2) is 88.1 Å². The highest BCUT2D eigenvalue weighted by Gasteiger charge is 2.35. The molecule has 0 aromatic rings. The predicted molar refractivity (Wildman–Crippen MR) is 208 cm³/mol. The lowest BCUT2D eigenvalue weighted by atomic mass is 10.0. The van der Waals surface area contributed by atoms with Gasteiger partial charge < -0.3 is 34.8 Å². The lowest BCUT2D eigenvalue weighted by Gasteiger charge is -2.26. The van der Waals surface area contributed by atoms with Crippen LogP contribution in [0.4, 0.5) is 0 Å². The van der Waals surface area contributed by atoms with Crippen LogP contribution in [0.2, 0.25) is 0 Å². The molecule has 0 rings (SSSR count). The van der Waals surface area contributed by atoms with Crippen molar-refractivity contribution in [2.75, 3.05) is 26.4 Å². The zero-order valence-electron chi connectivity index (χ0n) is 33.5. The van der Waals surface area contributed by atoms with Gasteiger partial charge in [0.15, 0.2) is 6.10 Å². The van der Waals surface area contributed by atoms with Gasteiger partial charge in [-0.25, -0.2) is 4.57 Å². The van der Waals surface area contributed by atoms with Crippen LogP contribution >= 0.6 is 7.82 Å². The number of ether oxygens (including phenoxy) is 2. The van der Waals surface area contributed by atoms with Crippen LogP contribution in [0.25, 0.3) is 0 Å². The molecule has 5 atom stereocenters. The molecule has 13 heteroatoms. The van der Waals surface area contributed by atoms with E-state index in [2.05, 4.69) is 13.8 Å². The molecule has 0 aliphatic carbocycles. The summed E-state index contributed by atoms with van der Waals surface area (Å²) in [6.07, 6.45) is 24.3. The molecular weight excluding hydrogens is 703 g/mol. The summed E-state index contributed by atoms with van der Waals surface area (Å²) in [5, 5.41) is 38.1. The Bertz CT molecular complexity index is 892. The summed E-state index contributed by atoms with van der Waals surface area (Å²) in [4.78, 5) is 35.3. The van der Waals surface area contributed by atoms with E-state index in [0.717, 1.165) is 38.5 Å². The number of aliphatic hydroxyl groups excluding tert-OH is 4. The molecule has 0 bridgehead atoms. The summed E-state index contributed by atoms with van der Waals surface area (Å²) >= 11 is 0. The molecule has 53 heavy (non-hydrogen) atoms. The molecule has 1 unspecified atom stereocenters. The van der Waals surface area contributed by atoms with Crippen LogP contribution in [0.5, 0.6) is 0 Å². The SMILES string of the molecule is CCCCCCCCCCCCCCCC(=O)OC[C@H](COP(=O)(O)O[C@H](CO)[C@@H](O)[C@H](O)CO)OC(=O)CCCCCCCCCCCCCCC. The van der Waals surface area contributed by atoms with Crippen molar-refractivity contribution in [2.24, 2.45) is 0 Å². The maximum Gasteiger partial charge on any atom is 0.472 e. The van der Waals surface area contributed by atoms with Gasteiger partial charge in [0.25, 0.3) is 0 Å². The second-order valence-corrected chi connectivity index (χ2v) is 16.0. The number of unbranched alkanes of at least 4 members (excludes halogenated alkanes) is 24. The molecule has 0 radical (unpaired) electrons. The van der Waals surface area contributed by atoms with Crippen molar-refractivity contribution in [2.45, 2.75) is 218 Å². The highest BCUT2D eigenvalue weighted by Crippen LogP contribution is 2.45. The Labute approximate surface area is 321 Å². The number of esters is 2. The third-order valence-corrected chi connectivity index (χ3v) is 10.5. The Kier molecular flexibility index (Phi) is 35.8. The van der Waals surface area contributed by atoms with Gasteiger partial charge >= 0.3 is 19.8 Å². The maximum atomic E-state index is 12.7.